The van der Waals surface area contributed by atoms with Crippen molar-refractivity contribution in [2.24, 2.45) is 0 Å². The summed E-state index contributed by atoms with van der Waals surface area (Å²) in [4.78, 5) is 12.0. The van der Waals surface area contributed by atoms with Crippen LogP contribution in [0.5, 0.6) is 0 Å². The lowest BCUT2D eigenvalue weighted by atomic mass is 9.95. The molecule has 0 heterocycles. The SMILES string of the molecule is CCC(C)(CCO)NC(=O)NC(C)c1ccc(F)cc1Cl. The molecule has 1 aromatic rings. The predicted molar refractivity (Wildman–Crippen MR) is 81.9 cm³/mol. The molecule has 3 N–H and O–H groups in total. The second kappa shape index (κ2) is 7.61. The number of amides is 2. The molecule has 2 amide bonds. The molecule has 0 aliphatic heterocycles. The van der Waals surface area contributed by atoms with Gasteiger partial charge in [-0.3, -0.25) is 0 Å². The van der Waals surface area contributed by atoms with E-state index in [4.69, 9.17) is 16.7 Å². The van der Waals surface area contributed by atoms with Crippen LogP contribution in [0.2, 0.25) is 5.02 Å². The predicted octanol–water partition coefficient (Wildman–Crippen LogP) is 3.39. The summed E-state index contributed by atoms with van der Waals surface area (Å²) in [5.41, 5.74) is 0.180. The van der Waals surface area contributed by atoms with Gasteiger partial charge < -0.3 is 15.7 Å². The van der Waals surface area contributed by atoms with Crippen LogP contribution >= 0.6 is 11.6 Å². The molecule has 21 heavy (non-hydrogen) atoms. The van der Waals surface area contributed by atoms with Crippen LogP contribution in [0.3, 0.4) is 0 Å². The van der Waals surface area contributed by atoms with Gasteiger partial charge in [0.05, 0.1) is 6.04 Å². The third-order valence-corrected chi connectivity index (χ3v) is 3.96. The molecular weight excluding hydrogens is 295 g/mol. The van der Waals surface area contributed by atoms with Gasteiger partial charge in [-0.2, -0.15) is 0 Å². The Morgan fingerprint density at radius 1 is 1.52 bits per heavy atom. The van der Waals surface area contributed by atoms with Crippen LogP contribution in [-0.4, -0.2) is 23.3 Å². The maximum absolute atomic E-state index is 13.0. The van der Waals surface area contributed by atoms with Gasteiger partial charge in [0.2, 0.25) is 0 Å². The Labute approximate surface area is 129 Å². The molecular formula is C15H22ClFN2O2. The van der Waals surface area contributed by atoms with E-state index < -0.39 is 11.4 Å². The fraction of sp³-hybridized carbons (Fsp3) is 0.533. The van der Waals surface area contributed by atoms with Crippen LogP contribution in [0.15, 0.2) is 18.2 Å². The minimum absolute atomic E-state index is 0.00393. The van der Waals surface area contributed by atoms with Crippen molar-refractivity contribution in [2.75, 3.05) is 6.61 Å². The maximum atomic E-state index is 13.0. The van der Waals surface area contributed by atoms with Crippen LogP contribution in [0.1, 0.15) is 45.2 Å². The van der Waals surface area contributed by atoms with Gasteiger partial charge in [-0.05, 0) is 44.4 Å². The van der Waals surface area contributed by atoms with Crippen molar-refractivity contribution in [1.29, 1.82) is 0 Å². The molecule has 118 valence electrons. The van der Waals surface area contributed by atoms with E-state index in [0.29, 0.717) is 18.4 Å². The highest BCUT2D eigenvalue weighted by molar-refractivity contribution is 6.31. The molecule has 0 saturated heterocycles. The number of nitrogens with one attached hydrogen (secondary N) is 2. The molecule has 0 spiro atoms. The number of urea groups is 1. The number of halogens is 2. The number of carbonyl (C=O) groups excluding carboxylic acids is 1. The first-order chi connectivity index (χ1) is 9.81. The number of hydrogen-bond acceptors (Lipinski definition) is 2. The Kier molecular flexibility index (Phi) is 6.42. The topological polar surface area (TPSA) is 61.4 Å². The van der Waals surface area contributed by atoms with E-state index in [2.05, 4.69) is 10.6 Å². The van der Waals surface area contributed by atoms with Gasteiger partial charge >= 0.3 is 6.03 Å². The first kappa shape index (κ1) is 17.7. The van der Waals surface area contributed by atoms with E-state index in [0.717, 1.165) is 0 Å². The lowest BCUT2D eigenvalue weighted by molar-refractivity contribution is 0.199. The van der Waals surface area contributed by atoms with Crippen molar-refractivity contribution in [3.8, 4) is 0 Å². The molecule has 0 aliphatic carbocycles. The quantitative estimate of drug-likeness (QED) is 0.753. The molecule has 0 radical (unpaired) electrons. The van der Waals surface area contributed by atoms with Gasteiger partial charge in [-0.1, -0.05) is 24.6 Å². The van der Waals surface area contributed by atoms with Crippen molar-refractivity contribution in [3.63, 3.8) is 0 Å². The van der Waals surface area contributed by atoms with Crippen molar-refractivity contribution >= 4 is 17.6 Å². The van der Waals surface area contributed by atoms with Crippen LogP contribution in [0, 0.1) is 5.82 Å². The Balaban J connectivity index is 2.69. The minimum atomic E-state index is -0.467. The first-order valence-electron chi connectivity index (χ1n) is 6.96. The van der Waals surface area contributed by atoms with E-state index in [9.17, 15) is 9.18 Å². The molecule has 2 unspecified atom stereocenters. The summed E-state index contributed by atoms with van der Waals surface area (Å²) >= 11 is 5.97. The second-order valence-corrected chi connectivity index (χ2v) is 5.78. The highest BCUT2D eigenvalue weighted by Crippen LogP contribution is 2.23. The summed E-state index contributed by atoms with van der Waals surface area (Å²) in [6, 6.07) is 3.37. The molecule has 1 rings (SSSR count). The average Bonchev–Trinajstić information content (AvgIpc) is 2.38. The van der Waals surface area contributed by atoms with Crippen molar-refractivity contribution in [1.82, 2.24) is 10.6 Å². The molecule has 0 fully saturated rings. The summed E-state index contributed by atoms with van der Waals surface area (Å²) in [5, 5.41) is 14.9. The second-order valence-electron chi connectivity index (χ2n) is 5.37. The number of carbonyl (C=O) groups is 1. The Bertz CT molecular complexity index is 499. The molecule has 0 aliphatic rings. The molecule has 2 atom stereocenters. The number of aliphatic hydroxyl groups is 1. The highest BCUT2D eigenvalue weighted by atomic mass is 35.5. The number of aliphatic hydroxyl groups excluding tert-OH is 1. The Morgan fingerprint density at radius 3 is 2.71 bits per heavy atom. The Hall–Kier alpha value is -1.33. The highest BCUT2D eigenvalue weighted by Gasteiger charge is 2.24. The van der Waals surface area contributed by atoms with Crippen LogP contribution in [0.4, 0.5) is 9.18 Å². The lowest BCUT2D eigenvalue weighted by Crippen LogP contribution is -2.50. The van der Waals surface area contributed by atoms with E-state index in [-0.39, 0.29) is 23.7 Å². The lowest BCUT2D eigenvalue weighted by Gasteiger charge is -2.30. The number of rotatable bonds is 6. The van der Waals surface area contributed by atoms with Crippen LogP contribution in [-0.2, 0) is 0 Å². The summed E-state index contributed by atoms with van der Waals surface area (Å²) in [6.45, 7) is 5.59. The summed E-state index contributed by atoms with van der Waals surface area (Å²) in [6.07, 6.45) is 1.18. The molecule has 0 saturated carbocycles. The van der Waals surface area contributed by atoms with Gasteiger partial charge in [0.25, 0.3) is 0 Å². The monoisotopic (exact) mass is 316 g/mol. The number of hydrogen-bond donors (Lipinski definition) is 3. The zero-order valence-corrected chi connectivity index (χ0v) is 13.3. The smallest absolute Gasteiger partial charge is 0.315 e. The Morgan fingerprint density at radius 2 is 2.19 bits per heavy atom. The number of benzene rings is 1. The van der Waals surface area contributed by atoms with E-state index in [1.54, 1.807) is 13.0 Å². The van der Waals surface area contributed by atoms with Gasteiger partial charge in [-0.15, -0.1) is 0 Å². The standard InChI is InChI=1S/C15H22ClFN2O2/c1-4-15(3,7-8-20)19-14(21)18-10(2)12-6-5-11(17)9-13(12)16/h5-6,9-10,20H,4,7-8H2,1-3H3,(H2,18,19,21). The minimum Gasteiger partial charge on any atom is -0.396 e. The summed E-state index contributed by atoms with van der Waals surface area (Å²) < 4.78 is 13.0. The summed E-state index contributed by atoms with van der Waals surface area (Å²) in [5.74, 6) is -0.415. The average molecular weight is 317 g/mol. The zero-order chi connectivity index (χ0) is 16.0. The molecule has 6 heteroatoms. The van der Waals surface area contributed by atoms with Gasteiger partial charge in [-0.25, -0.2) is 9.18 Å². The third-order valence-electron chi connectivity index (χ3n) is 3.64. The van der Waals surface area contributed by atoms with Crippen LogP contribution < -0.4 is 10.6 Å². The van der Waals surface area contributed by atoms with Gasteiger partial charge in [0, 0.05) is 17.2 Å². The van der Waals surface area contributed by atoms with Crippen molar-refractivity contribution in [2.45, 2.75) is 45.2 Å². The van der Waals surface area contributed by atoms with Crippen molar-refractivity contribution < 1.29 is 14.3 Å². The fourth-order valence-electron chi connectivity index (χ4n) is 2.01. The molecule has 4 nitrogen and oxygen atoms in total. The normalized spacial score (nSPS) is 15.1. The molecule has 0 bridgehead atoms. The van der Waals surface area contributed by atoms with Crippen LogP contribution in [0.25, 0.3) is 0 Å². The fourth-order valence-corrected chi connectivity index (χ4v) is 2.34. The van der Waals surface area contributed by atoms with Gasteiger partial charge in [0.15, 0.2) is 0 Å². The van der Waals surface area contributed by atoms with Crippen molar-refractivity contribution in [3.05, 3.63) is 34.6 Å². The van der Waals surface area contributed by atoms with E-state index in [1.165, 1.54) is 12.1 Å². The van der Waals surface area contributed by atoms with E-state index >= 15 is 0 Å². The first-order valence-corrected chi connectivity index (χ1v) is 7.33. The third kappa shape index (κ3) is 5.17. The molecule has 1 aromatic carbocycles. The van der Waals surface area contributed by atoms with Gasteiger partial charge in [0.1, 0.15) is 5.82 Å². The molecule has 0 aromatic heterocycles. The maximum Gasteiger partial charge on any atom is 0.315 e. The zero-order valence-electron chi connectivity index (χ0n) is 12.5. The summed E-state index contributed by atoms with van der Waals surface area (Å²) in [7, 11) is 0. The van der Waals surface area contributed by atoms with E-state index in [1.807, 2.05) is 13.8 Å². The largest absolute Gasteiger partial charge is 0.396 e.